The molecular formula is C13H26O6Si. The lowest BCUT2D eigenvalue weighted by atomic mass is 10.1. The first-order chi connectivity index (χ1) is 8.85. The van der Waals surface area contributed by atoms with Crippen LogP contribution in [-0.4, -0.2) is 47.8 Å². The molecule has 0 aromatic heterocycles. The Morgan fingerprint density at radius 1 is 1.10 bits per heavy atom. The zero-order chi connectivity index (χ0) is 16.1. The topological polar surface area (TPSA) is 104 Å². The molecule has 0 aromatic rings. The molecule has 0 fully saturated rings. The summed E-state index contributed by atoms with van der Waals surface area (Å²) in [6.45, 7) is 10.1. The summed E-state index contributed by atoms with van der Waals surface area (Å²) in [5, 5.41) is 27.1. The summed E-state index contributed by atoms with van der Waals surface area (Å²) in [6.07, 6.45) is -2.38. The summed E-state index contributed by atoms with van der Waals surface area (Å²) in [6, 6.07) is 0. The fraction of sp³-hybridized carbons (Fsp3) is 0.846. The van der Waals surface area contributed by atoms with E-state index in [0.29, 0.717) is 0 Å². The molecule has 20 heavy (non-hydrogen) atoms. The van der Waals surface area contributed by atoms with Crippen LogP contribution in [0.25, 0.3) is 0 Å². The lowest BCUT2D eigenvalue weighted by Gasteiger charge is -2.39. The molecule has 0 aliphatic heterocycles. The average Bonchev–Trinajstić information content (AvgIpc) is 2.10. The van der Waals surface area contributed by atoms with Gasteiger partial charge in [-0.15, -0.1) is 0 Å². The van der Waals surface area contributed by atoms with Crippen molar-refractivity contribution >= 4 is 20.3 Å². The van der Waals surface area contributed by atoms with Gasteiger partial charge < -0.3 is 19.7 Å². The Bertz CT molecular complexity index is 347. The highest BCUT2D eigenvalue weighted by Crippen LogP contribution is 2.38. The van der Waals surface area contributed by atoms with Crippen LogP contribution in [0.2, 0.25) is 18.1 Å². The molecule has 0 heterocycles. The predicted octanol–water partition coefficient (Wildman–Crippen LogP) is 2.08. The van der Waals surface area contributed by atoms with Crippen molar-refractivity contribution in [3.63, 3.8) is 0 Å². The Labute approximate surface area is 120 Å². The second-order valence-electron chi connectivity index (χ2n) is 6.59. The van der Waals surface area contributed by atoms with Gasteiger partial charge in [0.1, 0.15) is 0 Å². The molecular weight excluding hydrogens is 280 g/mol. The monoisotopic (exact) mass is 306 g/mol. The van der Waals surface area contributed by atoms with Gasteiger partial charge in [-0.05, 0) is 24.6 Å². The fourth-order valence-electron chi connectivity index (χ4n) is 1.55. The first kappa shape index (κ1) is 19.1. The molecule has 0 aromatic carbocycles. The van der Waals surface area contributed by atoms with E-state index >= 15 is 0 Å². The quantitative estimate of drug-likeness (QED) is 0.593. The summed E-state index contributed by atoms with van der Waals surface area (Å²) >= 11 is 0. The third-order valence-electron chi connectivity index (χ3n) is 3.61. The van der Waals surface area contributed by atoms with Gasteiger partial charge in [0, 0.05) is 0 Å². The predicted molar refractivity (Wildman–Crippen MR) is 77.2 cm³/mol. The first-order valence-electron chi connectivity index (χ1n) is 6.64. The van der Waals surface area contributed by atoms with E-state index < -0.39 is 38.9 Å². The third kappa shape index (κ3) is 7.02. The van der Waals surface area contributed by atoms with Crippen molar-refractivity contribution in [3.05, 3.63) is 0 Å². The van der Waals surface area contributed by atoms with Crippen LogP contribution in [-0.2, 0) is 14.0 Å². The molecule has 7 heteroatoms. The normalized spacial score (nSPS) is 15.7. The molecule has 6 nitrogen and oxygen atoms in total. The molecule has 0 spiro atoms. The van der Waals surface area contributed by atoms with Gasteiger partial charge in [0.15, 0.2) is 8.32 Å². The van der Waals surface area contributed by atoms with E-state index in [0.717, 1.165) is 0 Å². The van der Waals surface area contributed by atoms with Gasteiger partial charge >= 0.3 is 11.9 Å². The fourth-order valence-corrected chi connectivity index (χ4v) is 2.92. The zero-order valence-corrected chi connectivity index (χ0v) is 13.8. The number of aliphatic hydroxyl groups is 1. The van der Waals surface area contributed by atoms with E-state index in [-0.39, 0.29) is 17.9 Å². The minimum Gasteiger partial charge on any atom is -0.481 e. The van der Waals surface area contributed by atoms with Crippen LogP contribution in [0.5, 0.6) is 0 Å². The lowest BCUT2D eigenvalue weighted by Crippen LogP contribution is -2.45. The number of rotatable bonds is 8. The summed E-state index contributed by atoms with van der Waals surface area (Å²) in [5.41, 5.74) is 0. The minimum atomic E-state index is -2.16. The Kier molecular flexibility index (Phi) is 6.86. The van der Waals surface area contributed by atoms with Crippen molar-refractivity contribution in [3.8, 4) is 0 Å². The maximum absolute atomic E-state index is 10.9. The number of aliphatic hydroxyl groups excluding tert-OH is 1. The molecule has 0 saturated heterocycles. The number of hydrogen-bond donors (Lipinski definition) is 3. The van der Waals surface area contributed by atoms with Crippen LogP contribution in [0, 0.1) is 0 Å². The Morgan fingerprint density at radius 2 is 1.55 bits per heavy atom. The molecule has 0 radical (unpaired) electrons. The number of aliphatic carboxylic acids is 2. The maximum Gasteiger partial charge on any atom is 0.305 e. The van der Waals surface area contributed by atoms with Crippen LogP contribution >= 0.6 is 0 Å². The molecule has 2 atom stereocenters. The molecule has 2 unspecified atom stereocenters. The minimum absolute atomic E-state index is 0.0190. The van der Waals surface area contributed by atoms with Crippen molar-refractivity contribution in [2.45, 2.75) is 70.4 Å². The van der Waals surface area contributed by atoms with Crippen molar-refractivity contribution < 1.29 is 29.3 Å². The van der Waals surface area contributed by atoms with Crippen LogP contribution < -0.4 is 0 Å². The van der Waals surface area contributed by atoms with Crippen LogP contribution in [0.4, 0.5) is 0 Å². The number of carboxylic acids is 2. The van der Waals surface area contributed by atoms with Gasteiger partial charge in [-0.25, -0.2) is 0 Å². The van der Waals surface area contributed by atoms with Gasteiger partial charge in [0.25, 0.3) is 0 Å². The highest BCUT2D eigenvalue weighted by molar-refractivity contribution is 6.74. The van der Waals surface area contributed by atoms with Crippen molar-refractivity contribution in [1.29, 1.82) is 0 Å². The Hall–Kier alpha value is -0.923. The van der Waals surface area contributed by atoms with Crippen LogP contribution in [0.1, 0.15) is 40.0 Å². The average molecular weight is 306 g/mol. The van der Waals surface area contributed by atoms with Gasteiger partial charge in [-0.3, -0.25) is 9.59 Å². The Morgan fingerprint density at radius 3 is 1.90 bits per heavy atom. The van der Waals surface area contributed by atoms with Gasteiger partial charge in [-0.1, -0.05) is 20.8 Å². The smallest absolute Gasteiger partial charge is 0.305 e. The maximum atomic E-state index is 10.9. The molecule has 0 aliphatic carbocycles. The van der Waals surface area contributed by atoms with E-state index in [2.05, 4.69) is 0 Å². The third-order valence-corrected chi connectivity index (χ3v) is 8.15. The summed E-state index contributed by atoms with van der Waals surface area (Å²) in [4.78, 5) is 21.4. The molecule has 0 rings (SSSR count). The first-order valence-corrected chi connectivity index (χ1v) is 9.55. The molecule has 0 amide bonds. The largest absolute Gasteiger partial charge is 0.481 e. The van der Waals surface area contributed by atoms with Crippen LogP contribution in [0.15, 0.2) is 0 Å². The Balaban J connectivity index is 4.81. The number of carboxylic acid groups (broad SMARTS) is 2. The van der Waals surface area contributed by atoms with E-state index in [1.165, 1.54) is 0 Å². The van der Waals surface area contributed by atoms with Gasteiger partial charge in [-0.2, -0.15) is 0 Å². The second kappa shape index (κ2) is 7.19. The van der Waals surface area contributed by atoms with E-state index in [4.69, 9.17) is 14.6 Å². The highest BCUT2D eigenvalue weighted by atomic mass is 28.4. The molecule has 0 bridgehead atoms. The van der Waals surface area contributed by atoms with Gasteiger partial charge in [0.2, 0.25) is 0 Å². The highest BCUT2D eigenvalue weighted by Gasteiger charge is 2.39. The van der Waals surface area contributed by atoms with E-state index in [1.807, 2.05) is 33.9 Å². The molecule has 0 saturated carbocycles. The molecule has 3 N–H and O–H groups in total. The summed E-state index contributed by atoms with van der Waals surface area (Å²) in [5.74, 6) is -2.13. The standard InChI is InChI=1S/C13H26O6Si/c1-13(2,3)20(4,5)19-10(8-12(17)18)6-9(14)7-11(15)16/h9-10,14H,6-8H2,1-5H3,(H,15,16)(H,17,18). The second-order valence-corrected chi connectivity index (χ2v) is 11.3. The van der Waals surface area contributed by atoms with Gasteiger partial charge in [0.05, 0.1) is 25.0 Å². The number of carbonyl (C=O) groups is 2. The van der Waals surface area contributed by atoms with Crippen molar-refractivity contribution in [2.24, 2.45) is 0 Å². The molecule has 0 aliphatic rings. The molecule has 118 valence electrons. The summed E-state index contributed by atoms with van der Waals surface area (Å²) < 4.78 is 5.97. The lowest BCUT2D eigenvalue weighted by molar-refractivity contribution is -0.139. The summed E-state index contributed by atoms with van der Waals surface area (Å²) in [7, 11) is -2.16. The van der Waals surface area contributed by atoms with Crippen molar-refractivity contribution in [1.82, 2.24) is 0 Å². The van der Waals surface area contributed by atoms with E-state index in [1.54, 1.807) is 0 Å². The SMILES string of the molecule is CC(C)(C)[Si](C)(C)OC(CC(=O)O)CC(O)CC(=O)O. The van der Waals surface area contributed by atoms with Crippen LogP contribution in [0.3, 0.4) is 0 Å². The van der Waals surface area contributed by atoms with E-state index in [9.17, 15) is 14.7 Å². The number of hydrogen-bond acceptors (Lipinski definition) is 4. The van der Waals surface area contributed by atoms with Crippen molar-refractivity contribution in [2.75, 3.05) is 0 Å². The zero-order valence-electron chi connectivity index (χ0n) is 12.8.